The second kappa shape index (κ2) is 7.49. The predicted octanol–water partition coefficient (Wildman–Crippen LogP) is 5.05. The van der Waals surface area contributed by atoms with Crippen molar-refractivity contribution < 1.29 is 30.6 Å². The molecule has 1 unspecified atom stereocenters. The number of hydrogen-bond acceptors (Lipinski definition) is 1. The van der Waals surface area contributed by atoms with Crippen molar-refractivity contribution in [3.63, 3.8) is 0 Å². The molecule has 0 saturated carbocycles. The number of allylic oxidation sites excluding steroid dienone is 1. The molecule has 0 aromatic heterocycles. The van der Waals surface area contributed by atoms with Crippen molar-refractivity contribution in [3.05, 3.63) is 47.5 Å². The van der Waals surface area contributed by atoms with Crippen LogP contribution in [0.2, 0.25) is 0 Å². The first-order chi connectivity index (χ1) is 11.2. The molecule has 9 heteroatoms. The van der Waals surface area contributed by atoms with Crippen LogP contribution in [-0.4, -0.2) is 16.0 Å². The van der Waals surface area contributed by atoms with E-state index < -0.39 is 45.1 Å². The van der Waals surface area contributed by atoms with E-state index in [2.05, 4.69) is 11.3 Å². The highest BCUT2D eigenvalue weighted by atomic mass is 32.2. The number of alkyl halides is 6. The van der Waals surface area contributed by atoms with Gasteiger partial charge in [-0.15, -0.1) is 6.58 Å². The lowest BCUT2D eigenvalue weighted by atomic mass is 9.88. The molecule has 0 saturated heterocycles. The highest BCUT2D eigenvalue weighted by molar-refractivity contribution is 7.84. The quantitative estimate of drug-likeness (QED) is 0.537. The fourth-order valence-electron chi connectivity index (χ4n) is 2.41. The molecule has 0 spiro atoms. The maximum atomic E-state index is 13.0. The van der Waals surface area contributed by atoms with Gasteiger partial charge >= 0.3 is 12.4 Å². The SMILES string of the molecule is C=C[C@@H](CC(C)(C)S(=O)NC)c1cc(C(F)(F)F)cc(C(F)(F)F)c1. The summed E-state index contributed by atoms with van der Waals surface area (Å²) in [6.07, 6.45) is -8.50. The van der Waals surface area contributed by atoms with Gasteiger partial charge < -0.3 is 0 Å². The maximum Gasteiger partial charge on any atom is 0.416 e. The van der Waals surface area contributed by atoms with Crippen LogP contribution in [0.15, 0.2) is 30.9 Å². The first-order valence-corrected chi connectivity index (χ1v) is 8.38. The summed E-state index contributed by atoms with van der Waals surface area (Å²) in [7, 11) is -0.0692. The molecule has 0 bridgehead atoms. The molecule has 0 aliphatic rings. The van der Waals surface area contributed by atoms with Crippen molar-refractivity contribution in [3.8, 4) is 0 Å². The van der Waals surface area contributed by atoms with Crippen LogP contribution in [0, 0.1) is 0 Å². The molecule has 2 nitrogen and oxygen atoms in total. The molecule has 0 heterocycles. The summed E-state index contributed by atoms with van der Waals surface area (Å²) in [4.78, 5) is 0. The summed E-state index contributed by atoms with van der Waals surface area (Å²) in [5.74, 6) is -0.823. The Bertz CT molecular complexity index is 619. The topological polar surface area (TPSA) is 29.1 Å². The summed E-state index contributed by atoms with van der Waals surface area (Å²) in [6.45, 7) is 6.72. The van der Waals surface area contributed by atoms with E-state index in [-0.39, 0.29) is 18.1 Å². The third-order valence-electron chi connectivity index (χ3n) is 3.72. The average Bonchev–Trinajstić information content (AvgIpc) is 2.49. The lowest BCUT2D eigenvalue weighted by Crippen LogP contribution is -2.35. The van der Waals surface area contributed by atoms with Crippen LogP contribution in [-0.2, 0) is 23.3 Å². The largest absolute Gasteiger partial charge is 0.416 e. The van der Waals surface area contributed by atoms with E-state index in [0.717, 1.165) is 0 Å². The number of benzene rings is 1. The van der Waals surface area contributed by atoms with Crippen LogP contribution in [0.3, 0.4) is 0 Å². The minimum absolute atomic E-state index is 0.0581. The molecule has 1 aromatic carbocycles. The van der Waals surface area contributed by atoms with Crippen LogP contribution < -0.4 is 4.72 Å². The molecule has 25 heavy (non-hydrogen) atoms. The summed E-state index contributed by atoms with van der Waals surface area (Å²) < 4.78 is 91.5. The number of nitrogens with one attached hydrogen (secondary N) is 1. The first-order valence-electron chi connectivity index (χ1n) is 7.23. The van der Waals surface area contributed by atoms with E-state index in [1.54, 1.807) is 13.8 Å². The zero-order valence-corrected chi connectivity index (χ0v) is 14.7. The molecule has 2 atom stereocenters. The molecule has 142 valence electrons. The third kappa shape index (κ3) is 5.57. The van der Waals surface area contributed by atoms with E-state index in [0.29, 0.717) is 12.1 Å². The monoisotopic (exact) mass is 387 g/mol. The van der Waals surface area contributed by atoms with Gasteiger partial charge in [0.1, 0.15) is 0 Å². The molecule has 0 aliphatic carbocycles. The highest BCUT2D eigenvalue weighted by Gasteiger charge is 2.38. The average molecular weight is 387 g/mol. The highest BCUT2D eigenvalue weighted by Crippen LogP contribution is 2.39. The van der Waals surface area contributed by atoms with Crippen molar-refractivity contribution in [1.29, 1.82) is 0 Å². The van der Waals surface area contributed by atoms with E-state index in [1.165, 1.54) is 13.1 Å². The van der Waals surface area contributed by atoms with Crippen molar-refractivity contribution >= 4 is 11.0 Å². The number of rotatable bonds is 6. The Hall–Kier alpha value is -1.35. The molecular formula is C16H19F6NOS. The Kier molecular flexibility index (Phi) is 6.50. The van der Waals surface area contributed by atoms with Crippen LogP contribution in [0.1, 0.15) is 42.9 Å². The standard InChI is InChI=1S/C16H19F6NOS/c1-5-10(9-14(2,3)25(24)23-4)11-6-12(15(17,18)19)8-13(7-11)16(20,21)22/h5-8,10,23H,1,9H2,2-4H3/t10-,25?/m0/s1. The van der Waals surface area contributed by atoms with E-state index >= 15 is 0 Å². The van der Waals surface area contributed by atoms with Gasteiger partial charge in [0, 0.05) is 5.92 Å². The molecule has 0 radical (unpaired) electrons. The van der Waals surface area contributed by atoms with Gasteiger partial charge in [-0.2, -0.15) is 26.3 Å². The van der Waals surface area contributed by atoms with Gasteiger partial charge in [0.05, 0.1) is 26.9 Å². The van der Waals surface area contributed by atoms with E-state index in [9.17, 15) is 30.6 Å². The van der Waals surface area contributed by atoms with Gasteiger partial charge in [-0.25, -0.2) is 8.93 Å². The van der Waals surface area contributed by atoms with Gasteiger partial charge in [-0.1, -0.05) is 6.08 Å². The Morgan fingerprint density at radius 1 is 1.08 bits per heavy atom. The van der Waals surface area contributed by atoms with Gasteiger partial charge in [-0.3, -0.25) is 0 Å². The molecule has 0 fully saturated rings. The minimum Gasteiger partial charge on any atom is -0.242 e. The van der Waals surface area contributed by atoms with Crippen LogP contribution in [0.4, 0.5) is 26.3 Å². The fourth-order valence-corrected chi connectivity index (χ4v) is 3.30. The van der Waals surface area contributed by atoms with Gasteiger partial charge in [0.2, 0.25) is 0 Å². The van der Waals surface area contributed by atoms with E-state index in [4.69, 9.17) is 0 Å². The summed E-state index contributed by atoms with van der Waals surface area (Å²) in [6, 6.07) is 1.44. The fraction of sp³-hybridized carbons (Fsp3) is 0.500. The predicted molar refractivity (Wildman–Crippen MR) is 85.3 cm³/mol. The van der Waals surface area contributed by atoms with Gasteiger partial charge in [0.25, 0.3) is 0 Å². The van der Waals surface area contributed by atoms with Crippen molar-refractivity contribution in [2.24, 2.45) is 0 Å². The molecule has 1 rings (SSSR count). The third-order valence-corrected chi connectivity index (χ3v) is 5.26. The summed E-state index contributed by atoms with van der Waals surface area (Å²) >= 11 is 0. The lowest BCUT2D eigenvalue weighted by molar-refractivity contribution is -0.143. The van der Waals surface area contributed by atoms with E-state index in [1.807, 2.05) is 0 Å². The van der Waals surface area contributed by atoms with Gasteiger partial charge in [-0.05, 0) is 51.1 Å². The second-order valence-corrected chi connectivity index (χ2v) is 8.17. The van der Waals surface area contributed by atoms with Crippen molar-refractivity contribution in [2.45, 2.75) is 43.3 Å². The van der Waals surface area contributed by atoms with Crippen LogP contribution in [0.5, 0.6) is 0 Å². The van der Waals surface area contributed by atoms with Gasteiger partial charge in [0.15, 0.2) is 0 Å². The van der Waals surface area contributed by atoms with Crippen molar-refractivity contribution in [1.82, 2.24) is 4.72 Å². The smallest absolute Gasteiger partial charge is 0.242 e. The molecule has 0 amide bonds. The maximum absolute atomic E-state index is 13.0. The number of halogens is 6. The molecule has 0 aliphatic heterocycles. The molecule has 1 aromatic rings. The second-order valence-electron chi connectivity index (χ2n) is 6.12. The van der Waals surface area contributed by atoms with Crippen LogP contribution >= 0.6 is 0 Å². The summed E-state index contributed by atoms with van der Waals surface area (Å²) in [5, 5.41) is 0. The zero-order chi connectivity index (χ0) is 19.6. The Morgan fingerprint density at radius 2 is 1.52 bits per heavy atom. The molecule has 1 N–H and O–H groups in total. The Morgan fingerprint density at radius 3 is 1.84 bits per heavy atom. The lowest BCUT2D eigenvalue weighted by Gasteiger charge is -2.28. The normalized spacial score (nSPS) is 15.7. The first kappa shape index (κ1) is 21.7. The van der Waals surface area contributed by atoms with Crippen LogP contribution in [0.25, 0.3) is 0 Å². The molecular weight excluding hydrogens is 368 g/mol. The Balaban J connectivity index is 3.42. The number of hydrogen-bond donors (Lipinski definition) is 1. The summed E-state index contributed by atoms with van der Waals surface area (Å²) in [5.41, 5.74) is -2.92. The Labute approximate surface area is 144 Å². The zero-order valence-electron chi connectivity index (χ0n) is 13.9. The minimum atomic E-state index is -4.91. The van der Waals surface area contributed by atoms with Crippen molar-refractivity contribution in [2.75, 3.05) is 7.05 Å².